The van der Waals surface area contributed by atoms with Gasteiger partial charge in [0.15, 0.2) is 0 Å². The Kier molecular flexibility index (Phi) is 20.2. The summed E-state index contributed by atoms with van der Waals surface area (Å²) in [6, 6.07) is 73.3. The topological polar surface area (TPSA) is 6.48 Å². The Morgan fingerprint density at radius 1 is 0.330 bits per heavy atom. The second-order valence-corrected chi connectivity index (χ2v) is 32.3. The van der Waals surface area contributed by atoms with Gasteiger partial charge >= 0.3 is 0 Å². The molecule has 0 radical (unpaired) electrons. The summed E-state index contributed by atoms with van der Waals surface area (Å²) in [7, 11) is 0. The average molecular weight is 1250 g/mol. The molecule has 2 atom stereocenters. The molecule has 0 aromatic heterocycles. The summed E-state index contributed by atoms with van der Waals surface area (Å²) in [6.45, 7) is 44.0. The molecular weight excluding hydrogens is 1130 g/mol. The van der Waals surface area contributed by atoms with Crippen molar-refractivity contribution in [3.05, 3.63) is 238 Å². The van der Waals surface area contributed by atoms with Gasteiger partial charge in [-0.15, -0.1) is 0 Å². The number of para-hydroxylation sites is 2. The van der Waals surface area contributed by atoms with Crippen LogP contribution in [0.1, 0.15) is 253 Å². The predicted molar refractivity (Wildman–Crippen MR) is 409 cm³/mol. The zero-order valence-corrected chi connectivity index (χ0v) is 61.4. The summed E-state index contributed by atoms with van der Waals surface area (Å²) in [5.74, 6) is 3.03. The lowest BCUT2D eigenvalue weighted by molar-refractivity contribution is 0.334. The SMILES string of the molecule is CCCCC(CC)(c1ccc2c(c1)C(CC(C)C)(CC(C)C)c1cc(N(c3ccccc3)C(CCCC)(C(C)=C(C)C)c3ccc4c(c3)C(CC(C)C)(CC(C)C)c3ccccc3-4)ccc1-2)N(c1ccccc1)c1ccc2c(c1)C(CC(C)C)(CC(C)C)c1ccccc1-2. The van der Waals surface area contributed by atoms with Crippen molar-refractivity contribution in [3.63, 3.8) is 0 Å². The second kappa shape index (κ2) is 27.7. The van der Waals surface area contributed by atoms with E-state index in [9.17, 15) is 0 Å². The fourth-order valence-electron chi connectivity index (χ4n) is 19.5. The highest BCUT2D eigenvalue weighted by Crippen LogP contribution is 2.62. The first-order chi connectivity index (χ1) is 45.1. The van der Waals surface area contributed by atoms with Crippen LogP contribution in [0.5, 0.6) is 0 Å². The van der Waals surface area contributed by atoms with Crippen molar-refractivity contribution < 1.29 is 0 Å². The van der Waals surface area contributed by atoms with Crippen molar-refractivity contribution in [1.82, 2.24) is 0 Å². The number of allylic oxidation sites excluding steroid dienone is 1. The van der Waals surface area contributed by atoms with Crippen LogP contribution in [0.25, 0.3) is 33.4 Å². The highest BCUT2D eigenvalue weighted by Gasteiger charge is 2.51. The predicted octanol–water partition coefficient (Wildman–Crippen LogP) is 27.0. The van der Waals surface area contributed by atoms with Crippen molar-refractivity contribution in [2.24, 2.45) is 35.5 Å². The number of benzene rings is 8. The van der Waals surface area contributed by atoms with Crippen LogP contribution < -0.4 is 9.80 Å². The lowest BCUT2D eigenvalue weighted by Crippen LogP contribution is -2.45. The van der Waals surface area contributed by atoms with Gasteiger partial charge in [0.05, 0.1) is 11.1 Å². The largest absolute Gasteiger partial charge is 0.331 e. The normalized spacial score (nSPS) is 15.8. The van der Waals surface area contributed by atoms with Crippen LogP contribution in [0.15, 0.2) is 193 Å². The summed E-state index contributed by atoms with van der Waals surface area (Å²) in [5.41, 5.74) is 27.0. The highest BCUT2D eigenvalue weighted by atomic mass is 15.2. The molecule has 2 heteroatoms. The van der Waals surface area contributed by atoms with E-state index in [2.05, 4.69) is 316 Å². The molecule has 3 aliphatic rings. The maximum atomic E-state index is 2.85. The molecule has 94 heavy (non-hydrogen) atoms. The Hall–Kier alpha value is -6.90. The Morgan fingerprint density at radius 2 is 0.660 bits per heavy atom. The number of fused-ring (bicyclic) bond motifs is 9. The van der Waals surface area contributed by atoms with Crippen molar-refractivity contribution in [3.8, 4) is 33.4 Å². The number of hydrogen-bond donors (Lipinski definition) is 0. The lowest BCUT2D eigenvalue weighted by atomic mass is 9.66. The number of nitrogens with zero attached hydrogens (tertiary/aromatic N) is 2. The molecule has 2 unspecified atom stereocenters. The summed E-state index contributed by atoms with van der Waals surface area (Å²) < 4.78 is 0. The molecule has 0 N–H and O–H groups in total. The molecule has 0 heterocycles. The monoisotopic (exact) mass is 1250 g/mol. The minimum atomic E-state index is -0.516. The van der Waals surface area contributed by atoms with E-state index < -0.39 is 5.54 Å². The van der Waals surface area contributed by atoms with E-state index in [0.717, 1.165) is 83.5 Å². The van der Waals surface area contributed by atoms with E-state index in [1.165, 1.54) is 112 Å². The molecule has 0 amide bonds. The molecular formula is C92H116N2. The third-order valence-electron chi connectivity index (χ3n) is 22.6. The van der Waals surface area contributed by atoms with Gasteiger partial charge in [-0.05, 0) is 246 Å². The van der Waals surface area contributed by atoms with Gasteiger partial charge in [0.25, 0.3) is 0 Å². The van der Waals surface area contributed by atoms with Gasteiger partial charge in [-0.1, -0.05) is 269 Å². The van der Waals surface area contributed by atoms with Gasteiger partial charge in [0, 0.05) is 39.0 Å². The van der Waals surface area contributed by atoms with Gasteiger partial charge < -0.3 is 9.80 Å². The third-order valence-corrected chi connectivity index (χ3v) is 22.6. The van der Waals surface area contributed by atoms with Crippen LogP contribution in [0.4, 0.5) is 22.7 Å². The number of rotatable bonds is 28. The quantitative estimate of drug-likeness (QED) is 0.0451. The number of hydrogen-bond acceptors (Lipinski definition) is 2. The summed E-state index contributed by atoms with van der Waals surface area (Å²) in [4.78, 5) is 5.69. The molecule has 0 saturated heterocycles. The molecule has 0 spiro atoms. The van der Waals surface area contributed by atoms with E-state index in [4.69, 9.17) is 0 Å². The van der Waals surface area contributed by atoms with Gasteiger partial charge in [0.1, 0.15) is 0 Å². The standard InChI is InChI=1S/C92H116N2/c1-19-22-50-91(21-3,93(72-34-26-24-27-35-72)74-44-48-80-77-39-31-33-41-83(77)89(58-64(8)9,59-65(10)11)86(80)54-74)70-42-46-79-81-49-45-75(55-87(81)90(60-66(12)13,61-67(14)15)84(79)52-70)94(73-36-28-25-29-37-73)92(51-23-20-2,69(18)68(16)17)71-43-47-78-76-38-30-32-40-82(76)88(56-62(4)5,57-63(6)7)85(78)53-71/h24-49,52-55,62-67H,19-23,50-51,56-61H2,1-18H3. The van der Waals surface area contributed by atoms with Gasteiger partial charge in [-0.25, -0.2) is 0 Å². The molecule has 0 bridgehead atoms. The molecule has 0 saturated carbocycles. The van der Waals surface area contributed by atoms with E-state index >= 15 is 0 Å². The number of unbranched alkanes of at least 4 members (excludes halogenated alkanes) is 2. The molecule has 3 aliphatic carbocycles. The van der Waals surface area contributed by atoms with Crippen molar-refractivity contribution >= 4 is 22.7 Å². The van der Waals surface area contributed by atoms with Crippen LogP contribution in [0.3, 0.4) is 0 Å². The van der Waals surface area contributed by atoms with E-state index in [-0.39, 0.29) is 21.8 Å². The maximum absolute atomic E-state index is 2.85. The van der Waals surface area contributed by atoms with E-state index in [1.807, 2.05) is 0 Å². The van der Waals surface area contributed by atoms with Crippen LogP contribution >= 0.6 is 0 Å². The molecule has 8 aromatic carbocycles. The first kappa shape index (κ1) is 68.5. The third kappa shape index (κ3) is 12.0. The lowest BCUT2D eigenvalue weighted by Gasteiger charge is -2.49. The molecule has 0 aliphatic heterocycles. The molecule has 494 valence electrons. The van der Waals surface area contributed by atoms with Crippen molar-refractivity contribution in [2.75, 3.05) is 9.80 Å². The zero-order valence-electron chi connectivity index (χ0n) is 61.4. The van der Waals surface area contributed by atoms with Crippen molar-refractivity contribution in [2.45, 2.75) is 235 Å². The molecule has 2 nitrogen and oxygen atoms in total. The second-order valence-electron chi connectivity index (χ2n) is 32.3. The van der Waals surface area contributed by atoms with Crippen LogP contribution in [-0.2, 0) is 27.3 Å². The summed E-state index contributed by atoms with van der Waals surface area (Å²) >= 11 is 0. The Labute approximate surface area is 571 Å². The van der Waals surface area contributed by atoms with E-state index in [1.54, 1.807) is 0 Å². The summed E-state index contributed by atoms with van der Waals surface area (Å²) in [6.07, 6.45) is 14.0. The molecule has 0 fully saturated rings. The van der Waals surface area contributed by atoms with Crippen LogP contribution in [-0.4, -0.2) is 0 Å². The van der Waals surface area contributed by atoms with Crippen LogP contribution in [0.2, 0.25) is 0 Å². The Balaban J connectivity index is 1.15. The Bertz CT molecular complexity index is 3930. The van der Waals surface area contributed by atoms with Crippen LogP contribution in [0, 0.1) is 35.5 Å². The first-order valence-corrected chi connectivity index (χ1v) is 37.2. The minimum absolute atomic E-state index is 0.0763. The smallest absolute Gasteiger partial charge is 0.0914 e. The molecule has 11 rings (SSSR count). The first-order valence-electron chi connectivity index (χ1n) is 37.2. The number of anilines is 4. The summed E-state index contributed by atoms with van der Waals surface area (Å²) in [5, 5.41) is 0. The van der Waals surface area contributed by atoms with Crippen molar-refractivity contribution in [1.29, 1.82) is 0 Å². The highest BCUT2D eigenvalue weighted by molar-refractivity contribution is 5.88. The Morgan fingerprint density at radius 3 is 1.06 bits per heavy atom. The van der Waals surface area contributed by atoms with Gasteiger partial charge in [0.2, 0.25) is 0 Å². The average Bonchev–Trinajstić information content (AvgIpc) is 1.49. The van der Waals surface area contributed by atoms with Gasteiger partial charge in [-0.2, -0.15) is 0 Å². The fourth-order valence-corrected chi connectivity index (χ4v) is 19.5. The van der Waals surface area contributed by atoms with E-state index in [0.29, 0.717) is 35.5 Å². The maximum Gasteiger partial charge on any atom is 0.0914 e. The molecule has 8 aromatic rings. The van der Waals surface area contributed by atoms with Gasteiger partial charge in [-0.3, -0.25) is 0 Å². The fraction of sp³-hybridized carbons (Fsp3) is 0.457. The zero-order chi connectivity index (χ0) is 67.1. The minimum Gasteiger partial charge on any atom is -0.331 e.